The number of amides is 2. The van der Waals surface area contributed by atoms with Crippen molar-refractivity contribution >= 4 is 38.7 Å². The number of nitrogens with zero attached hydrogens (tertiary/aromatic N) is 1. The molecule has 1 aromatic heterocycles. The maximum atomic E-state index is 11.4. The van der Waals surface area contributed by atoms with Crippen LogP contribution in [-0.4, -0.2) is 23.5 Å². The normalized spacial score (nSPS) is 9.68. The van der Waals surface area contributed by atoms with E-state index in [1.807, 2.05) is 24.3 Å². The van der Waals surface area contributed by atoms with E-state index >= 15 is 0 Å². The maximum Gasteiger partial charge on any atom is 1.00 e. The van der Waals surface area contributed by atoms with Crippen LogP contribution in [0.2, 0.25) is 0 Å². The van der Waals surface area contributed by atoms with Gasteiger partial charge in [0.05, 0.1) is 10.2 Å². The van der Waals surface area contributed by atoms with E-state index < -0.39 is 12.0 Å². The Labute approximate surface area is 156 Å². The number of nitrogens with one attached hydrogen (secondary N) is 2. The van der Waals surface area contributed by atoms with E-state index in [4.69, 9.17) is 0 Å². The summed E-state index contributed by atoms with van der Waals surface area (Å²) in [6.45, 7) is 0.0268. The number of fused-ring (bicyclic) bond motifs is 1. The van der Waals surface area contributed by atoms with Gasteiger partial charge in [0.25, 0.3) is 0 Å². The first-order valence-corrected chi connectivity index (χ1v) is 6.07. The number of aromatic nitrogens is 1. The van der Waals surface area contributed by atoms with Crippen LogP contribution in [0, 0.1) is 0 Å². The van der Waals surface area contributed by atoms with E-state index in [-0.39, 0.29) is 64.4 Å². The molecule has 2 aromatic rings. The van der Waals surface area contributed by atoms with E-state index in [2.05, 4.69) is 15.6 Å². The third-order valence-corrected chi connectivity index (χ3v) is 3.08. The summed E-state index contributed by atoms with van der Waals surface area (Å²) in [7, 11) is 0. The van der Waals surface area contributed by atoms with Crippen molar-refractivity contribution in [1.82, 2.24) is 10.3 Å². The third-order valence-electron chi connectivity index (χ3n) is 2.13. The molecule has 94 valence electrons. The molecule has 6 nitrogen and oxygen atoms in total. The summed E-state index contributed by atoms with van der Waals surface area (Å²) in [4.78, 5) is 25.8. The number of hydrogen-bond donors (Lipinski definition) is 2. The molecule has 2 amide bonds. The Balaban J connectivity index is 0.00000180. The Bertz CT molecular complexity index is 554. The van der Waals surface area contributed by atoms with Crippen LogP contribution in [0.4, 0.5) is 9.93 Å². The number of aliphatic carboxylic acids is 1. The van der Waals surface area contributed by atoms with Gasteiger partial charge in [-0.05, 0) is 12.1 Å². The van der Waals surface area contributed by atoms with Crippen LogP contribution < -0.4 is 67.1 Å². The summed E-state index contributed by atoms with van der Waals surface area (Å²) in [5.74, 6) is -1.20. The van der Waals surface area contributed by atoms with Crippen molar-refractivity contribution in [2.75, 3.05) is 11.9 Å². The van der Waals surface area contributed by atoms with Gasteiger partial charge in [-0.2, -0.15) is 0 Å². The molecule has 0 aliphatic carbocycles. The molecule has 0 spiro atoms. The Morgan fingerprint density at radius 2 is 2.05 bits per heavy atom. The van der Waals surface area contributed by atoms with E-state index in [9.17, 15) is 14.7 Å². The molecule has 0 aliphatic heterocycles. The zero-order chi connectivity index (χ0) is 13.0. The van der Waals surface area contributed by atoms with E-state index in [1.54, 1.807) is 0 Å². The molecule has 0 atom stereocenters. The second kappa shape index (κ2) is 7.93. The second-order valence-corrected chi connectivity index (χ2v) is 4.52. The molecule has 1 heterocycles. The number of para-hydroxylation sites is 1. The molecular weight excluding hydrogens is 293 g/mol. The van der Waals surface area contributed by atoms with Gasteiger partial charge in [-0.3, -0.25) is 5.32 Å². The standard InChI is InChI=1S/C11H11N3O3S.K/c15-9(16)5-6-12-10(17)14-11-13-7-3-1-2-4-8(7)18-11;/h1-4H,5-6H2,(H,15,16)(H2,12,13,14,17);/q;+1/p-1. The first kappa shape index (κ1) is 16.5. The minimum absolute atomic E-state index is 0. The first-order valence-electron chi connectivity index (χ1n) is 5.25. The molecule has 0 saturated carbocycles. The molecule has 0 fully saturated rings. The number of hydrogen-bond acceptors (Lipinski definition) is 5. The number of carboxylic acids is 1. The fraction of sp³-hybridized carbons (Fsp3) is 0.182. The zero-order valence-corrected chi connectivity index (χ0v) is 14.2. The van der Waals surface area contributed by atoms with Crippen molar-refractivity contribution in [1.29, 1.82) is 0 Å². The maximum absolute atomic E-state index is 11.4. The molecule has 0 unspecified atom stereocenters. The summed E-state index contributed by atoms with van der Waals surface area (Å²) in [5, 5.41) is 15.6. The zero-order valence-electron chi connectivity index (χ0n) is 10.3. The van der Waals surface area contributed by atoms with Crippen LogP contribution in [0.15, 0.2) is 24.3 Å². The molecule has 0 bridgehead atoms. The molecule has 0 saturated heterocycles. The second-order valence-electron chi connectivity index (χ2n) is 3.49. The summed E-state index contributed by atoms with van der Waals surface area (Å²) >= 11 is 1.35. The largest absolute Gasteiger partial charge is 1.00 e. The van der Waals surface area contributed by atoms with Crippen LogP contribution in [0.3, 0.4) is 0 Å². The average molecular weight is 303 g/mol. The van der Waals surface area contributed by atoms with Crippen molar-refractivity contribution in [3.05, 3.63) is 24.3 Å². The SMILES string of the molecule is O=C([O-])CCNC(=O)Nc1nc2ccccc2s1.[K+]. The Morgan fingerprint density at radius 1 is 1.32 bits per heavy atom. The van der Waals surface area contributed by atoms with Crippen LogP contribution in [0.25, 0.3) is 10.2 Å². The Kier molecular flexibility index (Phi) is 6.90. The number of benzene rings is 1. The quantitative estimate of drug-likeness (QED) is 0.614. The average Bonchev–Trinajstić information content (AvgIpc) is 2.70. The van der Waals surface area contributed by atoms with Gasteiger partial charge in [0.1, 0.15) is 0 Å². The minimum atomic E-state index is -1.20. The van der Waals surface area contributed by atoms with Crippen LogP contribution >= 0.6 is 11.3 Å². The number of carbonyl (C=O) groups is 2. The Morgan fingerprint density at radius 3 is 2.74 bits per heavy atom. The van der Waals surface area contributed by atoms with E-state index in [0.29, 0.717) is 5.13 Å². The number of rotatable bonds is 4. The predicted molar refractivity (Wildman–Crippen MR) is 66.3 cm³/mol. The Hall–Kier alpha value is -0.514. The minimum Gasteiger partial charge on any atom is -0.550 e. The fourth-order valence-corrected chi connectivity index (χ4v) is 2.21. The molecule has 1 aromatic carbocycles. The van der Waals surface area contributed by atoms with E-state index in [1.165, 1.54) is 11.3 Å². The first-order chi connectivity index (χ1) is 8.65. The number of urea groups is 1. The monoisotopic (exact) mass is 303 g/mol. The molecular formula is C11H10KN3O3S. The van der Waals surface area contributed by atoms with Gasteiger partial charge in [-0.1, -0.05) is 23.5 Å². The van der Waals surface area contributed by atoms with Crippen molar-refractivity contribution < 1.29 is 66.1 Å². The van der Waals surface area contributed by atoms with Gasteiger partial charge < -0.3 is 15.2 Å². The molecule has 0 aliphatic rings. The van der Waals surface area contributed by atoms with Crippen molar-refractivity contribution in [2.24, 2.45) is 0 Å². The van der Waals surface area contributed by atoms with Crippen molar-refractivity contribution in [3.8, 4) is 0 Å². The predicted octanol–water partition coefficient (Wildman–Crippen LogP) is -2.44. The summed E-state index contributed by atoms with van der Waals surface area (Å²) in [6, 6.07) is 7.04. The number of carbonyl (C=O) groups excluding carboxylic acids is 2. The van der Waals surface area contributed by atoms with Gasteiger partial charge >= 0.3 is 57.4 Å². The van der Waals surface area contributed by atoms with Crippen LogP contribution in [-0.2, 0) is 4.79 Å². The number of thiazole rings is 1. The van der Waals surface area contributed by atoms with Crippen molar-refractivity contribution in [3.63, 3.8) is 0 Å². The topological polar surface area (TPSA) is 94.1 Å². The van der Waals surface area contributed by atoms with Crippen LogP contribution in [0.1, 0.15) is 6.42 Å². The number of carboxylic acid groups (broad SMARTS) is 1. The van der Waals surface area contributed by atoms with Gasteiger partial charge in [0.2, 0.25) is 0 Å². The van der Waals surface area contributed by atoms with Gasteiger partial charge in [0.15, 0.2) is 5.13 Å². The summed E-state index contributed by atoms with van der Waals surface area (Å²) < 4.78 is 0.975. The van der Waals surface area contributed by atoms with Gasteiger partial charge in [0, 0.05) is 18.9 Å². The molecule has 2 N–H and O–H groups in total. The van der Waals surface area contributed by atoms with Gasteiger partial charge in [-0.25, -0.2) is 9.78 Å². The number of anilines is 1. The molecule has 19 heavy (non-hydrogen) atoms. The smallest absolute Gasteiger partial charge is 0.550 e. The fourth-order valence-electron chi connectivity index (χ4n) is 1.35. The van der Waals surface area contributed by atoms with E-state index in [0.717, 1.165) is 10.2 Å². The summed E-state index contributed by atoms with van der Waals surface area (Å²) in [6.07, 6.45) is -0.215. The molecule has 8 heteroatoms. The van der Waals surface area contributed by atoms with Crippen molar-refractivity contribution in [2.45, 2.75) is 6.42 Å². The van der Waals surface area contributed by atoms with Crippen LogP contribution in [0.5, 0.6) is 0 Å². The molecule has 2 rings (SSSR count). The third kappa shape index (κ3) is 5.17. The summed E-state index contributed by atoms with van der Waals surface area (Å²) in [5.41, 5.74) is 0.813. The molecule has 0 radical (unpaired) electrons. The van der Waals surface area contributed by atoms with Gasteiger partial charge in [-0.15, -0.1) is 0 Å².